The number of amides is 2. The van der Waals surface area contributed by atoms with Gasteiger partial charge in [-0.25, -0.2) is 0 Å². The van der Waals surface area contributed by atoms with Crippen LogP contribution in [0.1, 0.15) is 23.0 Å². The maximum atomic E-state index is 11.4. The van der Waals surface area contributed by atoms with Crippen molar-refractivity contribution in [3.05, 3.63) is 22.4 Å². The van der Waals surface area contributed by atoms with E-state index in [2.05, 4.69) is 10.9 Å². The largest absolute Gasteiger partial charge is 0.381 e. The summed E-state index contributed by atoms with van der Waals surface area (Å²) in [5, 5.41) is 1.80. The number of thiophene rings is 1. The fourth-order valence-corrected chi connectivity index (χ4v) is 1.59. The van der Waals surface area contributed by atoms with E-state index < -0.39 is 0 Å². The molecule has 2 amide bonds. The van der Waals surface area contributed by atoms with Gasteiger partial charge < -0.3 is 4.74 Å². The van der Waals surface area contributed by atoms with E-state index in [1.165, 1.54) is 11.3 Å². The summed E-state index contributed by atoms with van der Waals surface area (Å²) in [7, 11) is 0. The molecule has 0 aliphatic carbocycles. The van der Waals surface area contributed by atoms with Crippen LogP contribution >= 0.6 is 11.3 Å². The van der Waals surface area contributed by atoms with E-state index in [1.807, 2.05) is 6.92 Å². The SMILES string of the molecule is CCOCCC(=O)NNC(=O)c1cccs1. The zero-order chi connectivity index (χ0) is 11.8. The fourth-order valence-electron chi connectivity index (χ4n) is 0.968. The highest BCUT2D eigenvalue weighted by atomic mass is 32.1. The molecule has 1 rings (SSSR count). The average molecular weight is 242 g/mol. The van der Waals surface area contributed by atoms with E-state index in [-0.39, 0.29) is 18.2 Å². The van der Waals surface area contributed by atoms with Crippen molar-refractivity contribution < 1.29 is 14.3 Å². The zero-order valence-corrected chi connectivity index (χ0v) is 9.80. The second kappa shape index (κ2) is 6.97. The molecule has 0 saturated carbocycles. The Morgan fingerprint density at radius 1 is 1.44 bits per heavy atom. The summed E-state index contributed by atoms with van der Waals surface area (Å²) in [5.74, 6) is -0.571. The van der Waals surface area contributed by atoms with Gasteiger partial charge in [0.2, 0.25) is 5.91 Å². The number of ether oxygens (including phenoxy) is 1. The number of rotatable bonds is 5. The molecule has 1 aromatic heterocycles. The van der Waals surface area contributed by atoms with E-state index in [0.29, 0.717) is 18.1 Å². The summed E-state index contributed by atoms with van der Waals surface area (Å²) < 4.78 is 5.01. The second-order valence-corrected chi connectivity index (χ2v) is 3.87. The highest BCUT2D eigenvalue weighted by Gasteiger charge is 2.07. The highest BCUT2D eigenvalue weighted by Crippen LogP contribution is 2.06. The number of hydrogen-bond acceptors (Lipinski definition) is 4. The van der Waals surface area contributed by atoms with Gasteiger partial charge in [-0.2, -0.15) is 0 Å². The maximum Gasteiger partial charge on any atom is 0.279 e. The van der Waals surface area contributed by atoms with Crippen LogP contribution in [-0.4, -0.2) is 25.0 Å². The lowest BCUT2D eigenvalue weighted by atomic mass is 10.4. The van der Waals surface area contributed by atoms with Crippen LogP contribution in [-0.2, 0) is 9.53 Å². The van der Waals surface area contributed by atoms with Crippen molar-refractivity contribution in [1.82, 2.24) is 10.9 Å². The molecule has 0 radical (unpaired) electrons. The minimum Gasteiger partial charge on any atom is -0.381 e. The van der Waals surface area contributed by atoms with Gasteiger partial charge in [0.1, 0.15) is 0 Å². The highest BCUT2D eigenvalue weighted by molar-refractivity contribution is 7.12. The molecule has 0 unspecified atom stereocenters. The Kier molecular flexibility index (Phi) is 5.52. The summed E-state index contributed by atoms with van der Waals surface area (Å²) in [5.41, 5.74) is 4.65. The molecular weight excluding hydrogens is 228 g/mol. The number of carbonyl (C=O) groups is 2. The van der Waals surface area contributed by atoms with Crippen molar-refractivity contribution in [3.8, 4) is 0 Å². The Morgan fingerprint density at radius 3 is 2.88 bits per heavy atom. The molecular formula is C10H14N2O3S. The van der Waals surface area contributed by atoms with Crippen molar-refractivity contribution in [2.75, 3.05) is 13.2 Å². The van der Waals surface area contributed by atoms with Gasteiger partial charge in [0, 0.05) is 6.61 Å². The van der Waals surface area contributed by atoms with E-state index >= 15 is 0 Å². The summed E-state index contributed by atoms with van der Waals surface area (Å²) in [6.45, 7) is 2.79. The molecule has 88 valence electrons. The number of hydrazine groups is 1. The summed E-state index contributed by atoms with van der Waals surface area (Å²) in [6.07, 6.45) is 0.235. The molecule has 2 N–H and O–H groups in total. The first kappa shape index (κ1) is 12.7. The first-order valence-corrected chi connectivity index (χ1v) is 5.82. The zero-order valence-electron chi connectivity index (χ0n) is 8.99. The Morgan fingerprint density at radius 2 is 2.25 bits per heavy atom. The molecule has 0 spiro atoms. The van der Waals surface area contributed by atoms with Crippen molar-refractivity contribution in [3.63, 3.8) is 0 Å². The van der Waals surface area contributed by atoms with Crippen molar-refractivity contribution in [2.24, 2.45) is 0 Å². The summed E-state index contributed by atoms with van der Waals surface area (Å²) in [6, 6.07) is 3.46. The molecule has 1 heterocycles. The third-order valence-electron chi connectivity index (χ3n) is 1.74. The lowest BCUT2D eigenvalue weighted by molar-refractivity contribution is -0.122. The Bertz CT molecular complexity index is 338. The van der Waals surface area contributed by atoms with Gasteiger partial charge in [-0.3, -0.25) is 20.4 Å². The van der Waals surface area contributed by atoms with Crippen LogP contribution in [0.2, 0.25) is 0 Å². The van der Waals surface area contributed by atoms with E-state index in [4.69, 9.17) is 4.74 Å². The first-order chi connectivity index (χ1) is 7.74. The van der Waals surface area contributed by atoms with Crippen LogP contribution in [0, 0.1) is 0 Å². The molecule has 0 saturated heterocycles. The van der Waals surface area contributed by atoms with Crippen LogP contribution in [0.5, 0.6) is 0 Å². The lowest BCUT2D eigenvalue weighted by Gasteiger charge is -2.05. The van der Waals surface area contributed by atoms with E-state index in [1.54, 1.807) is 17.5 Å². The predicted molar refractivity (Wildman–Crippen MR) is 61.0 cm³/mol. The van der Waals surface area contributed by atoms with Gasteiger partial charge in [-0.15, -0.1) is 11.3 Å². The summed E-state index contributed by atoms with van der Waals surface area (Å²) >= 11 is 1.32. The summed E-state index contributed by atoms with van der Waals surface area (Å²) in [4.78, 5) is 23.1. The number of hydrogen-bond donors (Lipinski definition) is 2. The predicted octanol–water partition coefficient (Wildman–Crippen LogP) is 0.936. The Labute approximate surface area is 97.8 Å². The van der Waals surface area contributed by atoms with Gasteiger partial charge in [0.05, 0.1) is 17.9 Å². The molecule has 16 heavy (non-hydrogen) atoms. The molecule has 5 nitrogen and oxygen atoms in total. The Balaban J connectivity index is 2.19. The first-order valence-electron chi connectivity index (χ1n) is 4.94. The maximum absolute atomic E-state index is 11.4. The van der Waals surface area contributed by atoms with Crippen molar-refractivity contribution in [2.45, 2.75) is 13.3 Å². The van der Waals surface area contributed by atoms with Crippen LogP contribution in [0.15, 0.2) is 17.5 Å². The minimum absolute atomic E-state index is 0.235. The second-order valence-electron chi connectivity index (χ2n) is 2.93. The topological polar surface area (TPSA) is 67.4 Å². The van der Waals surface area contributed by atoms with Crippen LogP contribution < -0.4 is 10.9 Å². The normalized spacial score (nSPS) is 9.81. The smallest absolute Gasteiger partial charge is 0.279 e. The standard InChI is InChI=1S/C10H14N2O3S/c1-2-15-6-5-9(13)11-12-10(14)8-4-3-7-16-8/h3-4,7H,2,5-6H2,1H3,(H,11,13)(H,12,14). The van der Waals surface area contributed by atoms with Crippen LogP contribution in [0.3, 0.4) is 0 Å². The van der Waals surface area contributed by atoms with Gasteiger partial charge in [-0.1, -0.05) is 6.07 Å². The number of carbonyl (C=O) groups excluding carboxylic acids is 2. The molecule has 1 aromatic rings. The Hall–Kier alpha value is -1.40. The molecule has 0 aliphatic heterocycles. The van der Waals surface area contributed by atoms with Gasteiger partial charge >= 0.3 is 0 Å². The molecule has 6 heteroatoms. The van der Waals surface area contributed by atoms with E-state index in [9.17, 15) is 9.59 Å². The van der Waals surface area contributed by atoms with Crippen molar-refractivity contribution >= 4 is 23.2 Å². The molecule has 0 aliphatic rings. The van der Waals surface area contributed by atoms with E-state index in [0.717, 1.165) is 0 Å². The molecule has 0 aromatic carbocycles. The van der Waals surface area contributed by atoms with Gasteiger partial charge in [0.15, 0.2) is 0 Å². The van der Waals surface area contributed by atoms with Gasteiger partial charge in [-0.05, 0) is 18.4 Å². The van der Waals surface area contributed by atoms with Crippen LogP contribution in [0.25, 0.3) is 0 Å². The molecule has 0 bridgehead atoms. The van der Waals surface area contributed by atoms with Gasteiger partial charge in [0.25, 0.3) is 5.91 Å². The minimum atomic E-state index is -0.306. The molecule has 0 atom stereocenters. The third kappa shape index (κ3) is 4.41. The fraction of sp³-hybridized carbons (Fsp3) is 0.400. The van der Waals surface area contributed by atoms with Crippen molar-refractivity contribution in [1.29, 1.82) is 0 Å². The quantitative estimate of drug-likeness (QED) is 0.596. The number of nitrogens with one attached hydrogen (secondary N) is 2. The molecule has 0 fully saturated rings. The monoisotopic (exact) mass is 242 g/mol. The average Bonchev–Trinajstić information content (AvgIpc) is 2.79. The lowest BCUT2D eigenvalue weighted by Crippen LogP contribution is -2.41. The third-order valence-corrected chi connectivity index (χ3v) is 2.61. The van der Waals surface area contributed by atoms with Crippen LogP contribution in [0.4, 0.5) is 0 Å².